The molecule has 1 aliphatic rings. The highest BCUT2D eigenvalue weighted by Gasteiger charge is 2.12. The predicted octanol–water partition coefficient (Wildman–Crippen LogP) is 2.04. The van der Waals surface area contributed by atoms with E-state index < -0.39 is 0 Å². The van der Waals surface area contributed by atoms with Gasteiger partial charge in [0.15, 0.2) is 0 Å². The molecule has 1 aromatic rings. The number of carbonyl (C=O) groups excluding carboxylic acids is 1. The van der Waals surface area contributed by atoms with E-state index in [1.807, 2.05) is 18.2 Å². The summed E-state index contributed by atoms with van der Waals surface area (Å²) in [7, 11) is 1.60. The van der Waals surface area contributed by atoms with Crippen LogP contribution in [0.3, 0.4) is 0 Å². The summed E-state index contributed by atoms with van der Waals surface area (Å²) in [4.78, 5) is 11.8. The fraction of sp³-hybridized carbons (Fsp3) is 0.562. The van der Waals surface area contributed by atoms with Gasteiger partial charge in [-0.15, -0.1) is 0 Å². The van der Waals surface area contributed by atoms with Crippen LogP contribution in [0.2, 0.25) is 0 Å². The first-order valence-corrected chi connectivity index (χ1v) is 7.50. The van der Waals surface area contributed by atoms with Crippen LogP contribution in [0.25, 0.3) is 0 Å². The lowest BCUT2D eigenvalue weighted by atomic mass is 9.97. The average molecular weight is 292 g/mol. The number of ether oxygens (including phenoxy) is 2. The molecule has 0 saturated carbocycles. The lowest BCUT2D eigenvalue weighted by Gasteiger charge is -2.22. The summed E-state index contributed by atoms with van der Waals surface area (Å²) in [5.74, 6) is 1.27. The largest absolute Gasteiger partial charge is 0.497 e. The van der Waals surface area contributed by atoms with Crippen LogP contribution in [0.5, 0.6) is 5.75 Å². The minimum absolute atomic E-state index is 0.0946. The first-order chi connectivity index (χ1) is 10.3. The number of rotatable bonds is 7. The van der Waals surface area contributed by atoms with Crippen molar-refractivity contribution < 1.29 is 14.3 Å². The van der Waals surface area contributed by atoms with Gasteiger partial charge in [0.1, 0.15) is 12.4 Å². The average Bonchev–Trinajstić information content (AvgIpc) is 2.53. The summed E-state index contributed by atoms with van der Waals surface area (Å²) in [6.07, 6.45) is 3.51. The van der Waals surface area contributed by atoms with E-state index in [0.29, 0.717) is 12.5 Å². The van der Waals surface area contributed by atoms with Crippen molar-refractivity contribution in [2.75, 3.05) is 38.7 Å². The molecule has 2 rings (SSSR count). The molecular weight excluding hydrogens is 268 g/mol. The van der Waals surface area contributed by atoms with Gasteiger partial charge in [0, 0.05) is 18.4 Å². The lowest BCUT2D eigenvalue weighted by molar-refractivity contribution is -0.120. The Balaban J connectivity index is 1.62. The molecule has 21 heavy (non-hydrogen) atoms. The van der Waals surface area contributed by atoms with Gasteiger partial charge in [-0.25, -0.2) is 0 Å². The Morgan fingerprint density at radius 3 is 3.14 bits per heavy atom. The Hall–Kier alpha value is -1.59. The Kier molecular flexibility index (Phi) is 6.50. The Bertz CT molecular complexity index is 445. The maximum Gasteiger partial charge on any atom is 0.250 e. The summed E-state index contributed by atoms with van der Waals surface area (Å²) in [5, 5.41) is 6.18. The number of carbonyl (C=O) groups is 1. The van der Waals surface area contributed by atoms with Crippen molar-refractivity contribution in [2.45, 2.75) is 19.3 Å². The molecule has 0 aromatic heterocycles. The summed E-state index contributed by atoms with van der Waals surface area (Å²) in [5.41, 5.74) is 0.722. The van der Waals surface area contributed by atoms with Gasteiger partial charge in [0.05, 0.1) is 7.11 Å². The van der Waals surface area contributed by atoms with E-state index in [2.05, 4.69) is 10.6 Å². The molecule has 1 fully saturated rings. The third-order valence-electron chi connectivity index (χ3n) is 3.66. The van der Waals surface area contributed by atoms with Crippen LogP contribution in [0.15, 0.2) is 24.3 Å². The summed E-state index contributed by atoms with van der Waals surface area (Å²) in [6, 6.07) is 7.29. The number of nitrogens with one attached hydrogen (secondary N) is 2. The molecule has 0 spiro atoms. The molecule has 1 aliphatic heterocycles. The molecule has 1 unspecified atom stereocenters. The van der Waals surface area contributed by atoms with Crippen molar-refractivity contribution in [3.8, 4) is 5.75 Å². The van der Waals surface area contributed by atoms with Crippen LogP contribution in [0.1, 0.15) is 19.3 Å². The lowest BCUT2D eigenvalue weighted by Crippen LogP contribution is -2.30. The number of hydrogen-bond donors (Lipinski definition) is 2. The maximum absolute atomic E-state index is 11.8. The molecule has 1 saturated heterocycles. The number of benzene rings is 1. The smallest absolute Gasteiger partial charge is 0.250 e. The Morgan fingerprint density at radius 1 is 1.48 bits per heavy atom. The zero-order valence-electron chi connectivity index (χ0n) is 12.6. The van der Waals surface area contributed by atoms with Crippen molar-refractivity contribution in [3.05, 3.63) is 24.3 Å². The molecule has 2 N–H and O–H groups in total. The maximum atomic E-state index is 11.8. The fourth-order valence-corrected chi connectivity index (χ4v) is 2.48. The number of methoxy groups -OCH3 is 1. The van der Waals surface area contributed by atoms with E-state index in [9.17, 15) is 4.79 Å². The van der Waals surface area contributed by atoms with Crippen molar-refractivity contribution in [1.29, 1.82) is 0 Å². The Labute approximate surface area is 126 Å². The second-order valence-corrected chi connectivity index (χ2v) is 5.33. The highest BCUT2D eigenvalue weighted by atomic mass is 16.5. The summed E-state index contributed by atoms with van der Waals surface area (Å²) < 4.78 is 10.6. The van der Waals surface area contributed by atoms with Crippen molar-refractivity contribution >= 4 is 11.6 Å². The number of hydrogen-bond acceptors (Lipinski definition) is 4. The van der Waals surface area contributed by atoms with Gasteiger partial charge in [0.25, 0.3) is 0 Å². The molecule has 1 aromatic carbocycles. The zero-order valence-corrected chi connectivity index (χ0v) is 12.6. The quantitative estimate of drug-likeness (QED) is 0.755. The van der Waals surface area contributed by atoms with Gasteiger partial charge in [0.2, 0.25) is 5.91 Å². The molecule has 1 heterocycles. The van der Waals surface area contributed by atoms with Crippen LogP contribution < -0.4 is 15.4 Å². The van der Waals surface area contributed by atoms with Gasteiger partial charge >= 0.3 is 0 Å². The highest BCUT2D eigenvalue weighted by Crippen LogP contribution is 2.16. The van der Waals surface area contributed by atoms with Gasteiger partial charge in [-0.1, -0.05) is 6.07 Å². The van der Waals surface area contributed by atoms with E-state index in [1.54, 1.807) is 13.2 Å². The minimum atomic E-state index is -0.134. The van der Waals surface area contributed by atoms with Gasteiger partial charge in [-0.05, 0) is 50.4 Å². The second-order valence-electron chi connectivity index (χ2n) is 5.33. The van der Waals surface area contributed by atoms with Crippen molar-refractivity contribution in [2.24, 2.45) is 5.92 Å². The standard InChI is InChI=1S/C16H24N2O3/c1-20-15-6-2-5-14(10-15)18-16(19)12-21-9-7-13-4-3-8-17-11-13/h2,5-6,10,13,17H,3-4,7-9,11-12H2,1H3,(H,18,19). The minimum Gasteiger partial charge on any atom is -0.497 e. The van der Waals surface area contributed by atoms with Crippen LogP contribution >= 0.6 is 0 Å². The molecule has 5 heteroatoms. The van der Waals surface area contributed by atoms with Gasteiger partial charge < -0.3 is 20.1 Å². The van der Waals surface area contributed by atoms with E-state index in [4.69, 9.17) is 9.47 Å². The SMILES string of the molecule is COc1cccc(NC(=O)COCCC2CCCNC2)c1. The van der Waals surface area contributed by atoms with Crippen LogP contribution in [-0.4, -0.2) is 39.3 Å². The zero-order chi connectivity index (χ0) is 14.9. The first kappa shape index (κ1) is 15.8. The van der Waals surface area contributed by atoms with Gasteiger partial charge in [-0.3, -0.25) is 4.79 Å². The van der Waals surface area contributed by atoms with E-state index >= 15 is 0 Å². The molecule has 0 radical (unpaired) electrons. The monoisotopic (exact) mass is 292 g/mol. The third-order valence-corrected chi connectivity index (χ3v) is 3.66. The number of anilines is 1. The third kappa shape index (κ3) is 5.73. The number of amides is 1. The molecular formula is C16H24N2O3. The highest BCUT2D eigenvalue weighted by molar-refractivity contribution is 5.91. The topological polar surface area (TPSA) is 59.6 Å². The van der Waals surface area contributed by atoms with Crippen LogP contribution in [0, 0.1) is 5.92 Å². The molecule has 0 aliphatic carbocycles. The molecule has 116 valence electrons. The van der Waals surface area contributed by atoms with Crippen molar-refractivity contribution in [1.82, 2.24) is 5.32 Å². The Morgan fingerprint density at radius 2 is 2.38 bits per heavy atom. The summed E-state index contributed by atoms with van der Waals surface area (Å²) >= 11 is 0. The number of piperidine rings is 1. The normalized spacial score (nSPS) is 18.2. The molecule has 0 bridgehead atoms. The second kappa shape index (κ2) is 8.64. The van der Waals surface area contributed by atoms with E-state index in [1.165, 1.54) is 12.8 Å². The summed E-state index contributed by atoms with van der Waals surface area (Å²) in [6.45, 7) is 2.93. The van der Waals surface area contributed by atoms with E-state index in [-0.39, 0.29) is 12.5 Å². The van der Waals surface area contributed by atoms with Gasteiger partial charge in [-0.2, -0.15) is 0 Å². The molecule has 5 nitrogen and oxygen atoms in total. The molecule has 1 atom stereocenters. The fourth-order valence-electron chi connectivity index (χ4n) is 2.48. The van der Waals surface area contributed by atoms with Crippen LogP contribution in [0.4, 0.5) is 5.69 Å². The van der Waals surface area contributed by atoms with Crippen molar-refractivity contribution in [3.63, 3.8) is 0 Å². The molecule has 1 amide bonds. The predicted molar refractivity (Wildman–Crippen MR) is 82.7 cm³/mol. The van der Waals surface area contributed by atoms with E-state index in [0.717, 1.165) is 30.9 Å². The van der Waals surface area contributed by atoms with Crippen LogP contribution in [-0.2, 0) is 9.53 Å². The first-order valence-electron chi connectivity index (χ1n) is 7.50.